The Balaban J connectivity index is 1.49. The van der Waals surface area contributed by atoms with Crippen LogP contribution < -0.4 is 9.47 Å². The third-order valence-corrected chi connectivity index (χ3v) is 9.51. The number of aliphatic hydroxyl groups excluding tert-OH is 8. The maximum Gasteiger partial charge on any atom is 0.187 e. The van der Waals surface area contributed by atoms with Crippen LogP contribution in [-0.4, -0.2) is 153 Å². The van der Waals surface area contributed by atoms with Gasteiger partial charge in [-0.2, -0.15) is 0 Å². The van der Waals surface area contributed by atoms with Gasteiger partial charge < -0.3 is 79.5 Å². The lowest BCUT2D eigenvalue weighted by molar-refractivity contribution is -0.368. The zero-order valence-electron chi connectivity index (χ0n) is 26.3. The van der Waals surface area contributed by atoms with E-state index in [1.54, 1.807) is 24.3 Å². The van der Waals surface area contributed by atoms with Gasteiger partial charge >= 0.3 is 0 Å². The second kappa shape index (κ2) is 15.4. The van der Waals surface area contributed by atoms with Crippen molar-refractivity contribution in [3.05, 3.63) is 47.0 Å². The minimum absolute atomic E-state index is 0.104. The van der Waals surface area contributed by atoms with Gasteiger partial charge in [0.2, 0.25) is 0 Å². The molecule has 3 aliphatic rings. The fourth-order valence-corrected chi connectivity index (χ4v) is 6.82. The highest BCUT2D eigenvalue weighted by atomic mass is 16.8. The molecule has 2 aromatic carbocycles. The SMILES string of the molecule is COc1cc(C2c3cc(O)c(OC)cc3CC(CO)C2COC2OC(CO)C(O)C(O)C2OC2OC(CO)C(O)C(O)C2O)ccc1O. The van der Waals surface area contributed by atoms with Crippen LogP contribution >= 0.6 is 0 Å². The molecule has 0 bridgehead atoms. The van der Waals surface area contributed by atoms with Gasteiger partial charge in [-0.1, -0.05) is 6.07 Å². The van der Waals surface area contributed by atoms with Crippen molar-refractivity contribution in [3.8, 4) is 23.0 Å². The first kappa shape index (κ1) is 36.4. The number of hydrogen-bond acceptors (Lipinski definition) is 16. The highest BCUT2D eigenvalue weighted by molar-refractivity contribution is 5.53. The number of fused-ring (bicyclic) bond motifs is 1. The van der Waals surface area contributed by atoms with Crippen molar-refractivity contribution in [2.24, 2.45) is 11.8 Å². The molecule has 2 fully saturated rings. The Morgan fingerprint density at radius 3 is 1.96 bits per heavy atom. The van der Waals surface area contributed by atoms with Crippen LogP contribution in [0.1, 0.15) is 22.6 Å². The number of ether oxygens (including phenoxy) is 6. The van der Waals surface area contributed by atoms with E-state index < -0.39 is 92.4 Å². The van der Waals surface area contributed by atoms with Crippen molar-refractivity contribution in [3.63, 3.8) is 0 Å². The van der Waals surface area contributed by atoms with Crippen LogP contribution in [0, 0.1) is 11.8 Å². The van der Waals surface area contributed by atoms with Crippen LogP contribution in [0.25, 0.3) is 0 Å². The molecule has 268 valence electrons. The summed E-state index contributed by atoms with van der Waals surface area (Å²) in [6, 6.07) is 8.00. The number of phenolic OH excluding ortho intramolecular Hbond substituents is 2. The molecule has 2 aromatic rings. The van der Waals surface area contributed by atoms with E-state index in [2.05, 4.69) is 0 Å². The van der Waals surface area contributed by atoms with Gasteiger partial charge in [0.05, 0.1) is 34.0 Å². The van der Waals surface area contributed by atoms with Crippen LogP contribution in [0.4, 0.5) is 0 Å². The first-order valence-electron chi connectivity index (χ1n) is 15.5. The van der Waals surface area contributed by atoms with E-state index in [1.165, 1.54) is 20.3 Å². The average molecular weight is 685 g/mol. The smallest absolute Gasteiger partial charge is 0.187 e. The van der Waals surface area contributed by atoms with E-state index >= 15 is 0 Å². The molecule has 0 amide bonds. The first-order chi connectivity index (χ1) is 23.0. The second-order valence-electron chi connectivity index (χ2n) is 12.3. The molecule has 10 N–H and O–H groups in total. The summed E-state index contributed by atoms with van der Waals surface area (Å²) in [5.41, 5.74) is 2.11. The summed E-state index contributed by atoms with van der Waals surface area (Å²) in [6.45, 7) is -1.93. The highest BCUT2D eigenvalue weighted by Crippen LogP contribution is 2.48. The first-order valence-corrected chi connectivity index (χ1v) is 15.5. The second-order valence-corrected chi connectivity index (χ2v) is 12.3. The Morgan fingerprint density at radius 1 is 0.708 bits per heavy atom. The summed E-state index contributed by atoms with van der Waals surface area (Å²) in [6.07, 6.45) is -15.9. The standard InChI is InChI=1S/C32H44O16/c1-43-20-6-13(3-4-18(20)36)24-16-8-19(37)21(44-2)7-14(16)5-15(9-33)17(24)12-45-32-30(28(41)26(39)23(11-35)47-32)48-31-29(42)27(40)25(38)22(10-34)46-31/h3-4,6-8,15,17,22-42H,5,9-12H2,1-2H3. The van der Waals surface area contributed by atoms with Gasteiger partial charge in [-0.25, -0.2) is 0 Å². The molecule has 16 nitrogen and oxygen atoms in total. The molecule has 0 aromatic heterocycles. The summed E-state index contributed by atoms with van der Waals surface area (Å²) in [7, 11) is 2.82. The molecule has 13 unspecified atom stereocenters. The van der Waals surface area contributed by atoms with E-state index in [-0.39, 0.29) is 36.2 Å². The number of aliphatic hydroxyl groups is 8. The number of methoxy groups -OCH3 is 2. The van der Waals surface area contributed by atoms with Gasteiger partial charge in [-0.3, -0.25) is 0 Å². The van der Waals surface area contributed by atoms with E-state index in [0.717, 1.165) is 5.56 Å². The van der Waals surface area contributed by atoms with Crippen molar-refractivity contribution in [1.82, 2.24) is 0 Å². The molecule has 16 heteroatoms. The molecule has 48 heavy (non-hydrogen) atoms. The Kier molecular flexibility index (Phi) is 11.7. The Morgan fingerprint density at radius 2 is 1.33 bits per heavy atom. The average Bonchev–Trinajstić information content (AvgIpc) is 3.09. The molecule has 2 aliphatic heterocycles. The molecule has 2 saturated heterocycles. The Labute approximate surface area is 275 Å². The largest absolute Gasteiger partial charge is 0.504 e. The monoisotopic (exact) mass is 684 g/mol. The van der Waals surface area contributed by atoms with Crippen molar-refractivity contribution in [1.29, 1.82) is 0 Å². The van der Waals surface area contributed by atoms with E-state index in [4.69, 9.17) is 28.4 Å². The number of hydrogen-bond donors (Lipinski definition) is 10. The number of aromatic hydroxyl groups is 2. The van der Waals surface area contributed by atoms with Crippen LogP contribution in [-0.2, 0) is 25.4 Å². The lowest BCUT2D eigenvalue weighted by Gasteiger charge is -2.46. The minimum Gasteiger partial charge on any atom is -0.504 e. The number of rotatable bonds is 11. The number of benzene rings is 2. The maximum absolute atomic E-state index is 11.1. The van der Waals surface area contributed by atoms with Crippen molar-refractivity contribution in [2.45, 2.75) is 73.8 Å². The summed E-state index contributed by atoms with van der Waals surface area (Å²) < 4.78 is 33.9. The minimum atomic E-state index is -1.84. The lowest BCUT2D eigenvalue weighted by Crippen LogP contribution is -2.64. The van der Waals surface area contributed by atoms with Crippen molar-refractivity contribution >= 4 is 0 Å². The van der Waals surface area contributed by atoms with Gasteiger partial charge in [0.25, 0.3) is 0 Å². The zero-order valence-corrected chi connectivity index (χ0v) is 26.3. The van der Waals surface area contributed by atoms with Crippen LogP contribution in [0.15, 0.2) is 30.3 Å². The van der Waals surface area contributed by atoms with Gasteiger partial charge in [-0.15, -0.1) is 0 Å². The maximum atomic E-state index is 11.1. The zero-order chi connectivity index (χ0) is 34.9. The van der Waals surface area contributed by atoms with Gasteiger partial charge in [0.15, 0.2) is 35.6 Å². The summed E-state index contributed by atoms with van der Waals surface area (Å²) >= 11 is 0. The highest BCUT2D eigenvalue weighted by Gasteiger charge is 2.51. The van der Waals surface area contributed by atoms with Crippen LogP contribution in [0.2, 0.25) is 0 Å². The Bertz CT molecular complexity index is 1370. The normalized spacial score (nSPS) is 36.8. The molecule has 0 saturated carbocycles. The molecular formula is C32H44O16. The Hall–Kier alpha value is -2.84. The van der Waals surface area contributed by atoms with Crippen LogP contribution in [0.3, 0.4) is 0 Å². The van der Waals surface area contributed by atoms with Gasteiger partial charge in [0.1, 0.15) is 48.8 Å². The molecule has 13 atom stereocenters. The molecule has 1 aliphatic carbocycles. The van der Waals surface area contributed by atoms with Crippen LogP contribution in [0.5, 0.6) is 23.0 Å². The van der Waals surface area contributed by atoms with E-state index in [1.807, 2.05) is 0 Å². The molecule has 0 radical (unpaired) electrons. The fourth-order valence-electron chi connectivity index (χ4n) is 6.82. The third kappa shape index (κ3) is 6.94. The fraction of sp³-hybridized carbons (Fsp3) is 0.625. The summed E-state index contributed by atoms with van der Waals surface area (Å²) in [5, 5.41) is 104. The molecule has 2 heterocycles. The van der Waals surface area contributed by atoms with Crippen molar-refractivity contribution in [2.75, 3.05) is 40.6 Å². The lowest BCUT2D eigenvalue weighted by atomic mass is 9.67. The predicted octanol–water partition coefficient (Wildman–Crippen LogP) is -2.33. The van der Waals surface area contributed by atoms with E-state index in [9.17, 15) is 51.1 Å². The van der Waals surface area contributed by atoms with Gasteiger partial charge in [-0.05, 0) is 59.2 Å². The number of phenols is 2. The predicted molar refractivity (Wildman–Crippen MR) is 161 cm³/mol. The molecule has 0 spiro atoms. The quantitative estimate of drug-likeness (QED) is 0.119. The topological polar surface area (TPSA) is 258 Å². The molecular weight excluding hydrogens is 640 g/mol. The molecule has 5 rings (SSSR count). The third-order valence-electron chi connectivity index (χ3n) is 9.51. The summed E-state index contributed by atoms with van der Waals surface area (Å²) in [5.74, 6) is -1.38. The summed E-state index contributed by atoms with van der Waals surface area (Å²) in [4.78, 5) is 0. The van der Waals surface area contributed by atoms with Crippen molar-refractivity contribution < 1.29 is 79.5 Å². The van der Waals surface area contributed by atoms with E-state index in [0.29, 0.717) is 17.5 Å². The van der Waals surface area contributed by atoms with Gasteiger partial charge in [0, 0.05) is 12.5 Å².